The fourth-order valence-electron chi connectivity index (χ4n) is 2.25. The lowest BCUT2D eigenvalue weighted by molar-refractivity contribution is -0.120. The molecular weight excluding hydrogens is 236 g/mol. The molecule has 0 atom stereocenters. The summed E-state index contributed by atoms with van der Waals surface area (Å²) in [6.07, 6.45) is 9.99. The van der Waals surface area contributed by atoms with Crippen LogP contribution in [0.4, 0.5) is 5.69 Å². The minimum Gasteiger partial charge on any atom is -0.323 e. The first-order valence-electron chi connectivity index (χ1n) is 6.18. The molecule has 0 saturated heterocycles. The van der Waals surface area contributed by atoms with Gasteiger partial charge in [0.2, 0.25) is 5.91 Å². The zero-order valence-corrected chi connectivity index (χ0v) is 10.5. The fourth-order valence-corrected chi connectivity index (χ4v) is 2.40. The molecular formula is C13H17ClN2O. The highest BCUT2D eigenvalue weighted by Gasteiger charge is 2.20. The average molecular weight is 253 g/mol. The molecule has 17 heavy (non-hydrogen) atoms. The van der Waals surface area contributed by atoms with Gasteiger partial charge in [-0.05, 0) is 18.9 Å². The van der Waals surface area contributed by atoms with Crippen molar-refractivity contribution in [1.29, 1.82) is 0 Å². The van der Waals surface area contributed by atoms with Gasteiger partial charge in [0, 0.05) is 12.1 Å². The number of hydrogen-bond donors (Lipinski definition) is 1. The summed E-state index contributed by atoms with van der Waals surface area (Å²) in [5, 5.41) is 3.42. The van der Waals surface area contributed by atoms with Crippen molar-refractivity contribution in [3.63, 3.8) is 0 Å². The highest BCUT2D eigenvalue weighted by atomic mass is 35.5. The monoisotopic (exact) mass is 252 g/mol. The Balaban J connectivity index is 1.98. The Bertz CT molecular complexity index is 387. The first kappa shape index (κ1) is 12.4. The van der Waals surface area contributed by atoms with E-state index in [0.717, 1.165) is 25.7 Å². The van der Waals surface area contributed by atoms with Crippen LogP contribution < -0.4 is 5.32 Å². The SMILES string of the molecule is O=C(Nc1cnccc1Cl)C1CCCCCC1. The lowest BCUT2D eigenvalue weighted by Gasteiger charge is -2.14. The van der Waals surface area contributed by atoms with Gasteiger partial charge in [-0.15, -0.1) is 0 Å². The van der Waals surface area contributed by atoms with E-state index in [1.807, 2.05) is 0 Å². The molecule has 1 aliphatic carbocycles. The third kappa shape index (κ3) is 3.43. The first-order chi connectivity index (χ1) is 8.27. The van der Waals surface area contributed by atoms with Crippen molar-refractivity contribution < 1.29 is 4.79 Å². The number of aromatic nitrogens is 1. The predicted molar refractivity (Wildman–Crippen MR) is 69.1 cm³/mol. The maximum Gasteiger partial charge on any atom is 0.227 e. The second-order valence-corrected chi connectivity index (χ2v) is 4.94. The number of rotatable bonds is 2. The number of hydrogen-bond acceptors (Lipinski definition) is 2. The molecule has 2 rings (SSSR count). The molecule has 1 aromatic rings. The zero-order chi connectivity index (χ0) is 12.1. The van der Waals surface area contributed by atoms with E-state index in [1.165, 1.54) is 12.8 Å². The van der Waals surface area contributed by atoms with Crippen molar-refractivity contribution >= 4 is 23.2 Å². The summed E-state index contributed by atoms with van der Waals surface area (Å²) in [6, 6.07) is 1.68. The van der Waals surface area contributed by atoms with Gasteiger partial charge >= 0.3 is 0 Å². The Kier molecular flexibility index (Phi) is 4.37. The van der Waals surface area contributed by atoms with Gasteiger partial charge < -0.3 is 5.32 Å². The molecule has 0 aromatic carbocycles. The van der Waals surface area contributed by atoms with Crippen LogP contribution in [-0.4, -0.2) is 10.9 Å². The summed E-state index contributed by atoms with van der Waals surface area (Å²) in [6.45, 7) is 0. The Morgan fingerprint density at radius 3 is 2.65 bits per heavy atom. The molecule has 3 nitrogen and oxygen atoms in total. The number of pyridine rings is 1. The van der Waals surface area contributed by atoms with Crippen molar-refractivity contribution in [1.82, 2.24) is 4.98 Å². The van der Waals surface area contributed by atoms with E-state index in [-0.39, 0.29) is 11.8 Å². The molecule has 1 saturated carbocycles. The van der Waals surface area contributed by atoms with E-state index in [2.05, 4.69) is 10.3 Å². The van der Waals surface area contributed by atoms with Crippen molar-refractivity contribution in [3.8, 4) is 0 Å². The van der Waals surface area contributed by atoms with Gasteiger partial charge in [-0.1, -0.05) is 37.3 Å². The third-order valence-electron chi connectivity index (χ3n) is 3.25. The van der Waals surface area contributed by atoms with E-state index in [0.29, 0.717) is 10.7 Å². The van der Waals surface area contributed by atoms with Crippen LogP contribution in [0.15, 0.2) is 18.5 Å². The molecule has 1 aromatic heterocycles. The molecule has 0 aliphatic heterocycles. The second kappa shape index (κ2) is 6.01. The third-order valence-corrected chi connectivity index (χ3v) is 3.58. The smallest absolute Gasteiger partial charge is 0.227 e. The van der Waals surface area contributed by atoms with Crippen LogP contribution >= 0.6 is 11.6 Å². The lowest BCUT2D eigenvalue weighted by Crippen LogP contribution is -2.22. The van der Waals surface area contributed by atoms with E-state index in [4.69, 9.17) is 11.6 Å². The summed E-state index contributed by atoms with van der Waals surface area (Å²) in [5.74, 6) is 0.218. The number of carbonyl (C=O) groups is 1. The molecule has 4 heteroatoms. The van der Waals surface area contributed by atoms with E-state index >= 15 is 0 Å². The van der Waals surface area contributed by atoms with Crippen molar-refractivity contribution in [2.75, 3.05) is 5.32 Å². The lowest BCUT2D eigenvalue weighted by atomic mass is 9.99. The molecule has 92 valence electrons. The normalized spacial score (nSPS) is 17.5. The maximum absolute atomic E-state index is 12.1. The Morgan fingerprint density at radius 2 is 2.00 bits per heavy atom. The summed E-state index contributed by atoms with van der Waals surface area (Å²) in [7, 11) is 0. The summed E-state index contributed by atoms with van der Waals surface area (Å²) in [4.78, 5) is 16.0. The first-order valence-corrected chi connectivity index (χ1v) is 6.55. The van der Waals surface area contributed by atoms with Gasteiger partial charge in [-0.2, -0.15) is 0 Å². The van der Waals surface area contributed by atoms with Crippen LogP contribution in [0.5, 0.6) is 0 Å². The number of amides is 1. The molecule has 1 aliphatic rings. The Morgan fingerprint density at radius 1 is 1.29 bits per heavy atom. The molecule has 0 bridgehead atoms. The van der Waals surface area contributed by atoms with Crippen molar-refractivity contribution in [2.45, 2.75) is 38.5 Å². The number of nitrogens with zero attached hydrogens (tertiary/aromatic N) is 1. The quantitative estimate of drug-likeness (QED) is 0.817. The summed E-state index contributed by atoms with van der Waals surface area (Å²) >= 11 is 5.98. The van der Waals surface area contributed by atoms with Gasteiger partial charge in [-0.25, -0.2) is 0 Å². The Labute approximate surface area is 107 Å². The predicted octanol–water partition coefficient (Wildman–Crippen LogP) is 3.64. The van der Waals surface area contributed by atoms with Gasteiger partial charge in [-0.3, -0.25) is 9.78 Å². The zero-order valence-electron chi connectivity index (χ0n) is 9.79. The van der Waals surface area contributed by atoms with E-state index in [9.17, 15) is 4.79 Å². The largest absolute Gasteiger partial charge is 0.323 e. The van der Waals surface area contributed by atoms with Crippen LogP contribution in [0.2, 0.25) is 5.02 Å². The molecule has 0 radical (unpaired) electrons. The standard InChI is InChI=1S/C13H17ClN2O/c14-11-7-8-15-9-12(11)16-13(17)10-5-3-1-2-4-6-10/h7-10H,1-6H2,(H,16,17). The van der Waals surface area contributed by atoms with Gasteiger partial charge in [0.15, 0.2) is 0 Å². The minimum atomic E-state index is 0.0850. The number of anilines is 1. The molecule has 1 amide bonds. The fraction of sp³-hybridized carbons (Fsp3) is 0.538. The molecule has 0 unspecified atom stereocenters. The van der Waals surface area contributed by atoms with Crippen LogP contribution in [0, 0.1) is 5.92 Å². The number of carbonyl (C=O) groups excluding carboxylic acids is 1. The van der Waals surface area contributed by atoms with Crippen molar-refractivity contribution in [3.05, 3.63) is 23.5 Å². The number of halogens is 1. The summed E-state index contributed by atoms with van der Waals surface area (Å²) in [5.41, 5.74) is 0.614. The highest BCUT2D eigenvalue weighted by molar-refractivity contribution is 6.33. The maximum atomic E-state index is 12.1. The van der Waals surface area contributed by atoms with Gasteiger partial charge in [0.1, 0.15) is 0 Å². The minimum absolute atomic E-state index is 0.0850. The van der Waals surface area contributed by atoms with Gasteiger partial charge in [0.25, 0.3) is 0 Å². The van der Waals surface area contributed by atoms with Crippen LogP contribution in [-0.2, 0) is 4.79 Å². The van der Waals surface area contributed by atoms with E-state index in [1.54, 1.807) is 18.5 Å². The highest BCUT2D eigenvalue weighted by Crippen LogP contribution is 2.25. The summed E-state index contributed by atoms with van der Waals surface area (Å²) < 4.78 is 0. The second-order valence-electron chi connectivity index (χ2n) is 4.53. The average Bonchev–Trinajstić information content (AvgIpc) is 2.61. The molecule has 1 heterocycles. The Hall–Kier alpha value is -1.09. The topological polar surface area (TPSA) is 42.0 Å². The van der Waals surface area contributed by atoms with Crippen LogP contribution in [0.25, 0.3) is 0 Å². The van der Waals surface area contributed by atoms with Crippen LogP contribution in [0.3, 0.4) is 0 Å². The molecule has 1 N–H and O–H groups in total. The van der Waals surface area contributed by atoms with Gasteiger partial charge in [0.05, 0.1) is 16.9 Å². The molecule has 1 fully saturated rings. The van der Waals surface area contributed by atoms with E-state index < -0.39 is 0 Å². The van der Waals surface area contributed by atoms with Crippen molar-refractivity contribution in [2.24, 2.45) is 5.92 Å². The number of nitrogens with one attached hydrogen (secondary N) is 1. The van der Waals surface area contributed by atoms with Crippen LogP contribution in [0.1, 0.15) is 38.5 Å². The molecule has 0 spiro atoms.